The fourth-order valence-electron chi connectivity index (χ4n) is 2.31. The molecule has 0 fully saturated rings. The summed E-state index contributed by atoms with van der Waals surface area (Å²) in [6, 6.07) is 10.6. The molecule has 0 heterocycles. The van der Waals surface area contributed by atoms with Crippen molar-refractivity contribution in [2.75, 3.05) is 20.3 Å². The molecule has 1 amide bonds. The second-order valence-corrected chi connectivity index (χ2v) is 6.81. The van der Waals surface area contributed by atoms with E-state index >= 15 is 0 Å². The third-order valence-electron chi connectivity index (χ3n) is 3.67. The number of rotatable bonds is 10. The molecule has 0 aromatic heterocycles. The fourth-order valence-corrected chi connectivity index (χ4v) is 2.89. The van der Waals surface area contributed by atoms with Crippen LogP contribution in [0.25, 0.3) is 0 Å². The molecule has 150 valence electrons. The van der Waals surface area contributed by atoms with Gasteiger partial charge in [-0.3, -0.25) is 4.79 Å². The first kappa shape index (κ1) is 21.8. The van der Waals surface area contributed by atoms with Gasteiger partial charge in [0, 0.05) is 5.56 Å². The molecule has 2 rings (SSSR count). The highest BCUT2D eigenvalue weighted by molar-refractivity contribution is 9.10. The lowest BCUT2D eigenvalue weighted by atomic mass is 10.2. The number of benzene rings is 2. The van der Waals surface area contributed by atoms with Crippen LogP contribution in [0.1, 0.15) is 42.6 Å². The zero-order valence-electron chi connectivity index (χ0n) is 16.3. The number of carbonyl (C=O) groups excluding carboxylic acids is 1. The molecule has 0 atom stereocenters. The van der Waals surface area contributed by atoms with Gasteiger partial charge in [-0.05, 0) is 70.7 Å². The molecule has 6 nitrogen and oxygen atoms in total. The summed E-state index contributed by atoms with van der Waals surface area (Å²) in [6.07, 6.45) is 3.38. The van der Waals surface area contributed by atoms with Crippen LogP contribution in [0.5, 0.6) is 17.2 Å². The minimum atomic E-state index is -0.299. The van der Waals surface area contributed by atoms with Crippen LogP contribution in [0.2, 0.25) is 0 Å². The van der Waals surface area contributed by atoms with E-state index in [9.17, 15) is 4.79 Å². The van der Waals surface area contributed by atoms with Crippen molar-refractivity contribution >= 4 is 28.1 Å². The predicted octanol–water partition coefficient (Wildman–Crippen LogP) is 4.80. The van der Waals surface area contributed by atoms with E-state index in [0.29, 0.717) is 30.3 Å². The van der Waals surface area contributed by atoms with E-state index in [-0.39, 0.29) is 5.91 Å². The Balaban J connectivity index is 2.01. The fraction of sp³-hybridized carbons (Fsp3) is 0.333. The van der Waals surface area contributed by atoms with E-state index in [2.05, 4.69) is 26.5 Å². The first-order valence-corrected chi connectivity index (χ1v) is 9.94. The molecule has 1 N–H and O–H groups in total. The molecule has 0 radical (unpaired) electrons. The minimum absolute atomic E-state index is 0.299. The lowest BCUT2D eigenvalue weighted by Crippen LogP contribution is -2.17. The van der Waals surface area contributed by atoms with Gasteiger partial charge in [-0.2, -0.15) is 5.10 Å². The molecule has 2 aromatic carbocycles. The number of methoxy groups -OCH3 is 1. The van der Waals surface area contributed by atoms with Gasteiger partial charge in [0.15, 0.2) is 11.5 Å². The van der Waals surface area contributed by atoms with Crippen molar-refractivity contribution in [1.29, 1.82) is 0 Å². The third-order valence-corrected chi connectivity index (χ3v) is 4.26. The molecule has 0 aliphatic rings. The smallest absolute Gasteiger partial charge is 0.271 e. The van der Waals surface area contributed by atoms with Crippen molar-refractivity contribution < 1.29 is 19.0 Å². The van der Waals surface area contributed by atoms with Gasteiger partial charge < -0.3 is 14.2 Å². The van der Waals surface area contributed by atoms with Crippen LogP contribution in [-0.4, -0.2) is 32.4 Å². The van der Waals surface area contributed by atoms with Crippen LogP contribution < -0.4 is 19.6 Å². The van der Waals surface area contributed by atoms with Gasteiger partial charge in [-0.15, -0.1) is 0 Å². The second kappa shape index (κ2) is 11.3. The van der Waals surface area contributed by atoms with Crippen LogP contribution >= 0.6 is 15.9 Å². The van der Waals surface area contributed by atoms with E-state index in [1.54, 1.807) is 43.7 Å². The monoisotopic (exact) mass is 448 g/mol. The van der Waals surface area contributed by atoms with Crippen molar-refractivity contribution in [1.82, 2.24) is 5.43 Å². The Morgan fingerprint density at radius 1 is 1.11 bits per heavy atom. The molecule has 0 aliphatic heterocycles. The van der Waals surface area contributed by atoms with E-state index in [0.717, 1.165) is 28.6 Å². The Kier molecular flexibility index (Phi) is 8.81. The maximum Gasteiger partial charge on any atom is 0.271 e. The van der Waals surface area contributed by atoms with E-state index < -0.39 is 0 Å². The van der Waals surface area contributed by atoms with Gasteiger partial charge >= 0.3 is 0 Å². The molecular formula is C21H25BrN2O4. The number of ether oxygens (including phenoxy) is 3. The number of hydrazone groups is 1. The Bertz CT molecular complexity index is 807. The summed E-state index contributed by atoms with van der Waals surface area (Å²) in [5.74, 6) is 1.69. The highest BCUT2D eigenvalue weighted by Gasteiger charge is 2.11. The van der Waals surface area contributed by atoms with Gasteiger partial charge in [-0.25, -0.2) is 5.43 Å². The van der Waals surface area contributed by atoms with Gasteiger partial charge in [0.05, 0.1) is 31.0 Å². The van der Waals surface area contributed by atoms with Gasteiger partial charge in [0.1, 0.15) is 5.75 Å². The SMILES string of the molecule is CCCOc1ccc(C(=O)N/N=C/c2cc(Br)c(OCCC)c(OC)c2)cc1. The van der Waals surface area contributed by atoms with Crippen LogP contribution in [0.4, 0.5) is 0 Å². The lowest BCUT2D eigenvalue weighted by Gasteiger charge is -2.12. The van der Waals surface area contributed by atoms with Crippen LogP contribution in [0.3, 0.4) is 0 Å². The van der Waals surface area contributed by atoms with Crippen LogP contribution in [0, 0.1) is 0 Å². The predicted molar refractivity (Wildman–Crippen MR) is 114 cm³/mol. The second-order valence-electron chi connectivity index (χ2n) is 5.95. The molecule has 2 aromatic rings. The Morgan fingerprint density at radius 3 is 2.43 bits per heavy atom. The van der Waals surface area contributed by atoms with E-state index in [1.165, 1.54) is 0 Å². The van der Waals surface area contributed by atoms with E-state index in [1.807, 2.05) is 19.9 Å². The molecule has 0 bridgehead atoms. The number of hydrogen-bond acceptors (Lipinski definition) is 5. The third kappa shape index (κ3) is 6.27. The number of hydrogen-bond donors (Lipinski definition) is 1. The van der Waals surface area contributed by atoms with Crippen molar-refractivity contribution in [2.45, 2.75) is 26.7 Å². The molecule has 0 saturated carbocycles. The van der Waals surface area contributed by atoms with Crippen LogP contribution in [-0.2, 0) is 0 Å². The Morgan fingerprint density at radius 2 is 1.79 bits per heavy atom. The van der Waals surface area contributed by atoms with Gasteiger partial charge in [0.25, 0.3) is 5.91 Å². The first-order chi connectivity index (χ1) is 13.6. The normalized spacial score (nSPS) is 10.7. The summed E-state index contributed by atoms with van der Waals surface area (Å²) in [4.78, 5) is 12.2. The molecular weight excluding hydrogens is 424 g/mol. The number of halogens is 1. The lowest BCUT2D eigenvalue weighted by molar-refractivity contribution is 0.0955. The average Bonchev–Trinajstić information content (AvgIpc) is 2.71. The number of nitrogens with one attached hydrogen (secondary N) is 1. The highest BCUT2D eigenvalue weighted by Crippen LogP contribution is 2.36. The summed E-state index contributed by atoms with van der Waals surface area (Å²) < 4.78 is 17.4. The number of amides is 1. The standard InChI is InChI=1S/C21H25BrN2O4/c1-4-10-27-17-8-6-16(7-9-17)21(25)24-23-14-15-12-18(22)20(28-11-5-2)19(13-15)26-3/h6-9,12-14H,4-5,10-11H2,1-3H3,(H,24,25)/b23-14+. The summed E-state index contributed by atoms with van der Waals surface area (Å²) >= 11 is 3.49. The molecule has 7 heteroatoms. The average molecular weight is 449 g/mol. The van der Waals surface area contributed by atoms with Crippen molar-refractivity contribution in [3.05, 3.63) is 52.0 Å². The summed E-state index contributed by atoms with van der Waals surface area (Å²) in [6.45, 7) is 5.33. The summed E-state index contributed by atoms with van der Waals surface area (Å²) in [7, 11) is 1.58. The first-order valence-electron chi connectivity index (χ1n) is 9.15. The van der Waals surface area contributed by atoms with Gasteiger partial charge in [0.2, 0.25) is 0 Å². The number of nitrogens with zero attached hydrogens (tertiary/aromatic N) is 1. The van der Waals surface area contributed by atoms with Crippen molar-refractivity contribution in [3.8, 4) is 17.2 Å². The summed E-state index contributed by atoms with van der Waals surface area (Å²) in [5.41, 5.74) is 3.78. The maximum absolute atomic E-state index is 12.2. The minimum Gasteiger partial charge on any atom is -0.494 e. The maximum atomic E-state index is 12.2. The molecule has 0 spiro atoms. The van der Waals surface area contributed by atoms with Crippen LogP contribution in [0.15, 0.2) is 46.0 Å². The summed E-state index contributed by atoms with van der Waals surface area (Å²) in [5, 5.41) is 4.03. The zero-order valence-corrected chi connectivity index (χ0v) is 17.9. The van der Waals surface area contributed by atoms with Gasteiger partial charge in [-0.1, -0.05) is 13.8 Å². The Hall–Kier alpha value is -2.54. The van der Waals surface area contributed by atoms with E-state index in [4.69, 9.17) is 14.2 Å². The zero-order chi connectivity index (χ0) is 20.4. The number of carbonyl (C=O) groups is 1. The molecule has 28 heavy (non-hydrogen) atoms. The quantitative estimate of drug-likeness (QED) is 0.418. The molecule has 0 saturated heterocycles. The highest BCUT2D eigenvalue weighted by atomic mass is 79.9. The van der Waals surface area contributed by atoms with Crippen molar-refractivity contribution in [3.63, 3.8) is 0 Å². The topological polar surface area (TPSA) is 69.2 Å². The molecule has 0 aliphatic carbocycles. The Labute approximate surface area is 174 Å². The largest absolute Gasteiger partial charge is 0.494 e. The van der Waals surface area contributed by atoms with Crippen molar-refractivity contribution in [2.24, 2.45) is 5.10 Å². The molecule has 0 unspecified atom stereocenters.